The summed E-state index contributed by atoms with van der Waals surface area (Å²) in [7, 11) is 0. The summed E-state index contributed by atoms with van der Waals surface area (Å²) in [5.74, 6) is 0.707. The van der Waals surface area contributed by atoms with Crippen LogP contribution in [0.1, 0.15) is 34.4 Å². The lowest BCUT2D eigenvalue weighted by molar-refractivity contribution is 0.0949. The fraction of sp³-hybridized carbons (Fsp3) is 0.143. The van der Waals surface area contributed by atoms with Crippen LogP contribution in [0.15, 0.2) is 67.3 Å². The van der Waals surface area contributed by atoms with Crippen LogP contribution in [0, 0.1) is 6.92 Å². The molecule has 4 aromatic rings. The Balaban J connectivity index is 1.54. The van der Waals surface area contributed by atoms with Crippen LogP contribution in [0.4, 0.5) is 5.82 Å². The number of nitrogen functional groups attached to an aromatic ring is 1. The lowest BCUT2D eigenvalue weighted by atomic mass is 10.2. The van der Waals surface area contributed by atoms with Crippen molar-refractivity contribution in [1.82, 2.24) is 30.7 Å². The van der Waals surface area contributed by atoms with E-state index >= 15 is 0 Å². The van der Waals surface area contributed by atoms with E-state index < -0.39 is 5.91 Å². The molecular formula is C21H20N8O3S. The number of nitrogens with one attached hydrogen (secondary N) is 1. The molecule has 4 rings (SSSR count). The zero-order valence-corrected chi connectivity index (χ0v) is 18.6. The number of furan rings is 1. The van der Waals surface area contributed by atoms with E-state index in [0.29, 0.717) is 17.2 Å². The molecule has 0 aliphatic carbocycles. The zero-order chi connectivity index (χ0) is 23.2. The van der Waals surface area contributed by atoms with Crippen LogP contribution in [0.25, 0.3) is 11.9 Å². The molecule has 0 unspecified atom stereocenters. The van der Waals surface area contributed by atoms with E-state index in [1.54, 1.807) is 18.4 Å². The van der Waals surface area contributed by atoms with E-state index in [1.165, 1.54) is 22.7 Å². The number of hydrazone groups is 1. The van der Waals surface area contributed by atoms with Crippen molar-refractivity contribution in [3.05, 3.63) is 70.9 Å². The molecule has 0 atom stereocenters. The van der Waals surface area contributed by atoms with Gasteiger partial charge in [-0.3, -0.25) is 4.79 Å². The number of thioether (sulfide) groups is 1. The number of benzene rings is 1. The van der Waals surface area contributed by atoms with E-state index in [4.69, 9.17) is 10.2 Å². The Labute approximate surface area is 192 Å². The summed E-state index contributed by atoms with van der Waals surface area (Å²) in [5.41, 5.74) is 10.8. The van der Waals surface area contributed by atoms with Gasteiger partial charge in [0.15, 0.2) is 5.69 Å². The van der Waals surface area contributed by atoms with Gasteiger partial charge >= 0.3 is 0 Å². The van der Waals surface area contributed by atoms with E-state index in [0.717, 1.165) is 16.0 Å². The predicted molar refractivity (Wildman–Crippen MR) is 123 cm³/mol. The fourth-order valence-electron chi connectivity index (χ4n) is 2.78. The molecule has 0 bridgehead atoms. The first kappa shape index (κ1) is 22.0. The molecule has 0 saturated heterocycles. The van der Waals surface area contributed by atoms with Gasteiger partial charge in [-0.05, 0) is 60.1 Å². The van der Waals surface area contributed by atoms with Crippen LogP contribution in [0.5, 0.6) is 0 Å². The second kappa shape index (κ2) is 9.96. The Hall–Kier alpha value is -4.19. The van der Waals surface area contributed by atoms with Gasteiger partial charge in [0, 0.05) is 10.6 Å². The molecule has 0 aliphatic heterocycles. The minimum absolute atomic E-state index is 0.0325. The van der Waals surface area contributed by atoms with E-state index in [1.807, 2.05) is 44.2 Å². The Morgan fingerprint density at radius 3 is 2.79 bits per heavy atom. The summed E-state index contributed by atoms with van der Waals surface area (Å²) in [6.45, 7) is 3.85. The van der Waals surface area contributed by atoms with Crippen molar-refractivity contribution < 1.29 is 13.8 Å². The van der Waals surface area contributed by atoms with Crippen LogP contribution >= 0.6 is 11.8 Å². The average Bonchev–Trinajstić information content (AvgIpc) is 3.54. The molecule has 168 valence electrons. The molecule has 3 aromatic heterocycles. The second-order valence-electron chi connectivity index (χ2n) is 6.97. The van der Waals surface area contributed by atoms with Gasteiger partial charge in [-0.1, -0.05) is 22.9 Å². The van der Waals surface area contributed by atoms with Gasteiger partial charge in [-0.25, -0.2) is 10.1 Å². The summed E-state index contributed by atoms with van der Waals surface area (Å²) < 4.78 is 11.3. The number of aryl methyl sites for hydroxylation is 1. The van der Waals surface area contributed by atoms with Crippen LogP contribution in [0.2, 0.25) is 0 Å². The first-order valence-corrected chi connectivity index (χ1v) is 10.8. The summed E-state index contributed by atoms with van der Waals surface area (Å²) >= 11 is 1.51. The van der Waals surface area contributed by atoms with Gasteiger partial charge in [0.25, 0.3) is 5.91 Å². The Kier molecular flexibility index (Phi) is 6.64. The van der Waals surface area contributed by atoms with Crippen LogP contribution < -0.4 is 11.2 Å². The van der Waals surface area contributed by atoms with Crippen molar-refractivity contribution in [3.8, 4) is 5.82 Å². The zero-order valence-electron chi connectivity index (χ0n) is 17.8. The number of nitrogens with two attached hydrogens (primary N) is 1. The number of rotatable bonds is 8. The predicted octanol–water partition coefficient (Wildman–Crippen LogP) is 3.25. The molecule has 0 saturated carbocycles. The maximum atomic E-state index is 12.8. The van der Waals surface area contributed by atoms with Gasteiger partial charge in [0.1, 0.15) is 5.76 Å². The van der Waals surface area contributed by atoms with Gasteiger partial charge in [0.2, 0.25) is 11.6 Å². The molecule has 1 aromatic carbocycles. The smallest absolute Gasteiger partial charge is 0.293 e. The monoisotopic (exact) mass is 464 g/mol. The highest BCUT2D eigenvalue weighted by molar-refractivity contribution is 7.98. The number of carbonyl (C=O) groups excluding carboxylic acids is 1. The number of allylic oxidation sites excluding steroid dienone is 1. The van der Waals surface area contributed by atoms with E-state index in [-0.39, 0.29) is 17.3 Å². The quantitative estimate of drug-likeness (QED) is 0.227. The highest BCUT2D eigenvalue weighted by Crippen LogP contribution is 2.26. The maximum Gasteiger partial charge on any atom is 0.293 e. The minimum Gasteiger partial charge on any atom is -0.465 e. The summed E-state index contributed by atoms with van der Waals surface area (Å²) in [5, 5.41) is 19.4. The van der Waals surface area contributed by atoms with E-state index in [9.17, 15) is 4.79 Å². The van der Waals surface area contributed by atoms with Gasteiger partial charge in [0.05, 0.1) is 18.2 Å². The largest absolute Gasteiger partial charge is 0.465 e. The maximum absolute atomic E-state index is 12.8. The molecule has 0 spiro atoms. The Morgan fingerprint density at radius 2 is 2.09 bits per heavy atom. The van der Waals surface area contributed by atoms with Crippen molar-refractivity contribution in [2.24, 2.45) is 5.10 Å². The molecule has 0 radical (unpaired) electrons. The van der Waals surface area contributed by atoms with Gasteiger partial charge < -0.3 is 10.2 Å². The lowest BCUT2D eigenvalue weighted by Crippen LogP contribution is -2.20. The topological polar surface area (TPSA) is 150 Å². The normalized spacial score (nSPS) is 11.9. The highest BCUT2D eigenvalue weighted by Gasteiger charge is 2.24. The molecule has 11 nitrogen and oxygen atoms in total. The van der Waals surface area contributed by atoms with Crippen molar-refractivity contribution in [2.45, 2.75) is 24.5 Å². The molecular weight excluding hydrogens is 444 g/mol. The summed E-state index contributed by atoms with van der Waals surface area (Å²) in [6.07, 6.45) is 4.87. The first-order valence-electron chi connectivity index (χ1n) is 9.79. The summed E-state index contributed by atoms with van der Waals surface area (Å²) in [6, 6.07) is 11.6. The number of carbonyl (C=O) groups is 1. The standard InChI is InChI=1S/C21H20N8O3S/c1-13-5-7-16(8-6-13)33-12-17-18(24-28-29(17)20-19(22)26-32-27-20)21(30)25-23-11-14(2)10-15-4-3-9-31-15/h3-11H,12H2,1-2H3,(H2,22,26)(H,25,30)/b14-10+,23-11-. The van der Waals surface area contributed by atoms with Crippen LogP contribution in [-0.4, -0.2) is 37.4 Å². The SMILES string of the molecule is CC(/C=N\NC(=O)c1nnn(-c2nonc2N)c1CSc1ccc(C)cc1)=C\c1ccco1. The first-order chi connectivity index (χ1) is 16.0. The molecule has 0 aliphatic rings. The van der Waals surface area contributed by atoms with Crippen LogP contribution in [0.3, 0.4) is 0 Å². The number of anilines is 1. The third-order valence-electron chi connectivity index (χ3n) is 4.42. The highest BCUT2D eigenvalue weighted by atomic mass is 32.2. The second-order valence-corrected chi connectivity index (χ2v) is 8.02. The Bertz CT molecular complexity index is 1290. The number of amides is 1. The minimum atomic E-state index is -0.530. The number of hydrogen-bond donors (Lipinski definition) is 2. The van der Waals surface area contributed by atoms with E-state index in [2.05, 4.69) is 35.8 Å². The van der Waals surface area contributed by atoms with Crippen molar-refractivity contribution in [3.63, 3.8) is 0 Å². The fourth-order valence-corrected chi connectivity index (χ4v) is 3.67. The third kappa shape index (κ3) is 5.36. The molecule has 3 heterocycles. The molecule has 0 fully saturated rings. The van der Waals surface area contributed by atoms with Crippen molar-refractivity contribution in [1.29, 1.82) is 0 Å². The van der Waals surface area contributed by atoms with Crippen molar-refractivity contribution in [2.75, 3.05) is 5.73 Å². The van der Waals surface area contributed by atoms with Crippen molar-refractivity contribution >= 4 is 35.8 Å². The molecule has 33 heavy (non-hydrogen) atoms. The lowest BCUT2D eigenvalue weighted by Gasteiger charge is -2.06. The molecule has 3 N–H and O–H groups in total. The van der Waals surface area contributed by atoms with Crippen LogP contribution in [-0.2, 0) is 5.75 Å². The Morgan fingerprint density at radius 1 is 1.27 bits per heavy atom. The summed E-state index contributed by atoms with van der Waals surface area (Å²) in [4.78, 5) is 13.8. The third-order valence-corrected chi connectivity index (χ3v) is 5.44. The average molecular weight is 465 g/mol. The number of nitrogens with zero attached hydrogens (tertiary/aromatic N) is 6. The molecule has 12 heteroatoms. The van der Waals surface area contributed by atoms with Gasteiger partial charge in [-0.15, -0.1) is 16.9 Å². The van der Waals surface area contributed by atoms with Gasteiger partial charge in [-0.2, -0.15) is 9.78 Å². The molecule has 1 amide bonds. The number of aromatic nitrogens is 5. The number of hydrogen-bond acceptors (Lipinski definition) is 10.